The Hall–Kier alpha value is -3.10. The fraction of sp³-hybridized carbons (Fsp3) is 0.600. The first-order valence-electron chi connectivity index (χ1n) is 11.4. The molecule has 0 heterocycles. The molecule has 0 saturated heterocycles. The first kappa shape index (κ1) is 28.9. The van der Waals surface area contributed by atoms with Crippen molar-refractivity contribution in [3.63, 3.8) is 0 Å². The van der Waals surface area contributed by atoms with Gasteiger partial charge in [0.15, 0.2) is 0 Å². The molecular weight excluding hydrogens is 438 g/mol. The second kappa shape index (κ2) is 12.4. The van der Waals surface area contributed by atoms with Gasteiger partial charge in [-0.1, -0.05) is 29.8 Å². The Bertz CT molecular complexity index is 853. The monoisotopic (exact) mass is 477 g/mol. The SMILES string of the molecule is CCOC(=O)CCNC(=O)C(c1ccc(C)cc1)N(C(=O)CNC(=O)OC(C)(C)C)C(C)(C)C. The molecule has 190 valence electrons. The topological polar surface area (TPSA) is 114 Å². The molecule has 3 amide bonds. The second-order valence-corrected chi connectivity index (χ2v) is 9.95. The van der Waals surface area contributed by atoms with Gasteiger partial charge in [0.25, 0.3) is 0 Å². The molecule has 1 aromatic rings. The minimum atomic E-state index is -0.976. The molecule has 0 fully saturated rings. The van der Waals surface area contributed by atoms with Gasteiger partial charge in [-0.15, -0.1) is 0 Å². The van der Waals surface area contributed by atoms with Crippen molar-refractivity contribution in [3.05, 3.63) is 35.4 Å². The normalized spacial score (nSPS) is 12.4. The van der Waals surface area contributed by atoms with Crippen LogP contribution in [0.5, 0.6) is 0 Å². The van der Waals surface area contributed by atoms with Gasteiger partial charge in [0.2, 0.25) is 11.8 Å². The highest BCUT2D eigenvalue weighted by molar-refractivity contribution is 5.91. The van der Waals surface area contributed by atoms with Gasteiger partial charge < -0.3 is 25.0 Å². The summed E-state index contributed by atoms with van der Waals surface area (Å²) in [7, 11) is 0. The van der Waals surface area contributed by atoms with E-state index in [-0.39, 0.29) is 26.1 Å². The van der Waals surface area contributed by atoms with E-state index in [1.54, 1.807) is 39.8 Å². The molecule has 0 bridgehead atoms. The summed E-state index contributed by atoms with van der Waals surface area (Å²) in [4.78, 5) is 51.8. The van der Waals surface area contributed by atoms with Crippen LogP contribution in [-0.2, 0) is 23.9 Å². The van der Waals surface area contributed by atoms with Gasteiger partial charge >= 0.3 is 12.1 Å². The number of esters is 1. The van der Waals surface area contributed by atoms with Crippen LogP contribution in [-0.4, -0.2) is 59.6 Å². The summed E-state index contributed by atoms with van der Waals surface area (Å²) in [6, 6.07) is 6.32. The van der Waals surface area contributed by atoms with Crippen LogP contribution in [0.15, 0.2) is 24.3 Å². The lowest BCUT2D eigenvalue weighted by Crippen LogP contribution is -2.55. The number of ether oxygens (including phenoxy) is 2. The Morgan fingerprint density at radius 3 is 2.06 bits per heavy atom. The maximum absolute atomic E-state index is 13.3. The molecule has 0 aliphatic rings. The third-order valence-electron chi connectivity index (χ3n) is 4.61. The predicted molar refractivity (Wildman–Crippen MR) is 129 cm³/mol. The van der Waals surface area contributed by atoms with Crippen molar-refractivity contribution in [2.24, 2.45) is 0 Å². The molecule has 9 heteroatoms. The fourth-order valence-electron chi connectivity index (χ4n) is 3.24. The van der Waals surface area contributed by atoms with Crippen molar-refractivity contribution in [2.75, 3.05) is 19.7 Å². The van der Waals surface area contributed by atoms with Crippen molar-refractivity contribution >= 4 is 23.9 Å². The summed E-state index contributed by atoms with van der Waals surface area (Å²) in [5, 5.41) is 5.22. The minimum absolute atomic E-state index is 0.0177. The number of aryl methyl sites for hydroxylation is 1. The van der Waals surface area contributed by atoms with Crippen LogP contribution in [0.4, 0.5) is 4.79 Å². The molecular formula is C25H39N3O6. The van der Waals surface area contributed by atoms with Crippen LogP contribution in [0.2, 0.25) is 0 Å². The molecule has 1 unspecified atom stereocenters. The Balaban J connectivity index is 3.17. The Labute approximate surface area is 202 Å². The highest BCUT2D eigenvalue weighted by Crippen LogP contribution is 2.29. The Morgan fingerprint density at radius 1 is 0.971 bits per heavy atom. The summed E-state index contributed by atoms with van der Waals surface area (Å²) >= 11 is 0. The largest absolute Gasteiger partial charge is 0.466 e. The first-order chi connectivity index (χ1) is 15.7. The van der Waals surface area contributed by atoms with Crippen LogP contribution in [0.1, 0.15) is 72.1 Å². The maximum Gasteiger partial charge on any atom is 0.408 e. The van der Waals surface area contributed by atoms with E-state index in [4.69, 9.17) is 9.47 Å². The van der Waals surface area contributed by atoms with Gasteiger partial charge in [0.05, 0.1) is 13.0 Å². The zero-order valence-corrected chi connectivity index (χ0v) is 21.6. The number of hydrogen-bond donors (Lipinski definition) is 2. The minimum Gasteiger partial charge on any atom is -0.466 e. The summed E-state index contributed by atoms with van der Waals surface area (Å²) in [6.07, 6.45) is -0.704. The molecule has 2 N–H and O–H groups in total. The van der Waals surface area contributed by atoms with Gasteiger partial charge in [0.1, 0.15) is 18.2 Å². The van der Waals surface area contributed by atoms with Gasteiger partial charge in [-0.25, -0.2) is 4.79 Å². The fourth-order valence-corrected chi connectivity index (χ4v) is 3.24. The van der Waals surface area contributed by atoms with Crippen molar-refractivity contribution in [1.82, 2.24) is 15.5 Å². The lowest BCUT2D eigenvalue weighted by Gasteiger charge is -2.41. The van der Waals surface area contributed by atoms with Gasteiger partial charge in [-0.3, -0.25) is 14.4 Å². The van der Waals surface area contributed by atoms with Crippen molar-refractivity contribution < 1.29 is 28.7 Å². The average Bonchev–Trinajstić information content (AvgIpc) is 2.69. The molecule has 0 aliphatic heterocycles. The summed E-state index contributed by atoms with van der Waals surface area (Å²) in [5.74, 6) is -1.31. The number of benzene rings is 1. The van der Waals surface area contributed by atoms with E-state index in [2.05, 4.69) is 10.6 Å². The molecule has 1 rings (SSSR count). The molecule has 0 spiro atoms. The van der Waals surface area contributed by atoms with E-state index in [1.807, 2.05) is 39.8 Å². The highest BCUT2D eigenvalue weighted by atomic mass is 16.6. The van der Waals surface area contributed by atoms with E-state index < -0.39 is 41.1 Å². The summed E-state index contributed by atoms with van der Waals surface area (Å²) in [6.45, 7) is 14.2. The van der Waals surface area contributed by atoms with E-state index in [9.17, 15) is 19.2 Å². The zero-order valence-electron chi connectivity index (χ0n) is 21.6. The second-order valence-electron chi connectivity index (χ2n) is 9.95. The Kier molecular flexibility index (Phi) is 10.5. The molecule has 0 saturated carbocycles. The van der Waals surface area contributed by atoms with Crippen LogP contribution in [0.3, 0.4) is 0 Å². The molecule has 34 heavy (non-hydrogen) atoms. The van der Waals surface area contributed by atoms with Crippen LogP contribution in [0, 0.1) is 6.92 Å². The van der Waals surface area contributed by atoms with Gasteiger partial charge in [-0.2, -0.15) is 0 Å². The van der Waals surface area contributed by atoms with Gasteiger partial charge in [-0.05, 0) is 61.0 Å². The number of amides is 3. The van der Waals surface area contributed by atoms with Gasteiger partial charge in [0, 0.05) is 12.1 Å². The lowest BCUT2D eigenvalue weighted by molar-refractivity contribution is -0.146. The zero-order chi connectivity index (χ0) is 26.1. The van der Waals surface area contributed by atoms with E-state index in [0.29, 0.717) is 5.56 Å². The Morgan fingerprint density at radius 2 is 1.56 bits per heavy atom. The number of nitrogens with zero attached hydrogens (tertiary/aromatic N) is 1. The highest BCUT2D eigenvalue weighted by Gasteiger charge is 2.38. The molecule has 0 aliphatic carbocycles. The van der Waals surface area contributed by atoms with Crippen molar-refractivity contribution in [3.8, 4) is 0 Å². The lowest BCUT2D eigenvalue weighted by atomic mass is 9.96. The average molecular weight is 478 g/mol. The van der Waals surface area contributed by atoms with E-state index in [0.717, 1.165) is 5.56 Å². The third kappa shape index (κ3) is 9.80. The first-order valence-corrected chi connectivity index (χ1v) is 11.4. The molecule has 9 nitrogen and oxygen atoms in total. The summed E-state index contributed by atoms with van der Waals surface area (Å²) < 4.78 is 10.1. The smallest absolute Gasteiger partial charge is 0.408 e. The number of alkyl carbamates (subject to hydrolysis) is 1. The predicted octanol–water partition coefficient (Wildman–Crippen LogP) is 3.26. The quantitative estimate of drug-likeness (QED) is 0.528. The number of hydrogen-bond acceptors (Lipinski definition) is 6. The van der Waals surface area contributed by atoms with Crippen molar-refractivity contribution in [2.45, 2.75) is 79.0 Å². The molecule has 1 aromatic carbocycles. The molecule has 1 atom stereocenters. The number of carbonyl (C=O) groups is 4. The maximum atomic E-state index is 13.3. The van der Waals surface area contributed by atoms with E-state index in [1.165, 1.54) is 4.90 Å². The van der Waals surface area contributed by atoms with Crippen molar-refractivity contribution in [1.29, 1.82) is 0 Å². The molecule has 0 radical (unpaired) electrons. The standard InChI is InChI=1S/C25H39N3O6/c1-9-33-20(30)14-15-26-22(31)21(18-12-10-17(2)11-13-18)28(24(3,4)5)19(29)16-27-23(32)34-25(6,7)8/h10-13,21H,9,14-16H2,1-8H3,(H,26,31)(H,27,32). The van der Waals surface area contributed by atoms with Crippen LogP contribution in [0.25, 0.3) is 0 Å². The number of carbonyl (C=O) groups excluding carboxylic acids is 4. The van der Waals surface area contributed by atoms with Crippen LogP contribution < -0.4 is 10.6 Å². The molecule has 0 aromatic heterocycles. The van der Waals surface area contributed by atoms with E-state index >= 15 is 0 Å². The van der Waals surface area contributed by atoms with Crippen LogP contribution >= 0.6 is 0 Å². The number of rotatable bonds is 9. The number of nitrogens with one attached hydrogen (secondary N) is 2. The summed E-state index contributed by atoms with van der Waals surface area (Å²) in [5.41, 5.74) is 0.145. The third-order valence-corrected chi connectivity index (χ3v) is 4.61.